The molecule has 0 radical (unpaired) electrons. The monoisotopic (exact) mass is 262 g/mol. The molecule has 0 aromatic carbocycles. The molecule has 0 saturated heterocycles. The summed E-state index contributed by atoms with van der Waals surface area (Å²) in [5.41, 5.74) is 5.15. The van der Waals surface area contributed by atoms with Crippen molar-refractivity contribution in [1.29, 1.82) is 0 Å². The molecule has 2 heterocycles. The van der Waals surface area contributed by atoms with Gasteiger partial charge in [0.15, 0.2) is 0 Å². The lowest BCUT2D eigenvalue weighted by atomic mass is 10.3. The Morgan fingerprint density at radius 3 is 3.00 bits per heavy atom. The second-order valence-electron chi connectivity index (χ2n) is 3.72. The number of carbonyl (C=O) groups is 1. The second kappa shape index (κ2) is 5.80. The van der Waals surface area contributed by atoms with Crippen LogP contribution in [0.5, 0.6) is 5.88 Å². The van der Waals surface area contributed by atoms with Crippen LogP contribution in [0.4, 0.5) is 5.95 Å². The zero-order valence-electron chi connectivity index (χ0n) is 10.6. The molecule has 100 valence electrons. The number of hydrogen-bond donors (Lipinski definition) is 2. The minimum atomic E-state index is -0.388. The van der Waals surface area contributed by atoms with Crippen LogP contribution < -0.4 is 15.6 Å². The van der Waals surface area contributed by atoms with E-state index in [2.05, 4.69) is 25.8 Å². The van der Waals surface area contributed by atoms with E-state index in [-0.39, 0.29) is 17.9 Å². The van der Waals surface area contributed by atoms with Crippen LogP contribution in [0.1, 0.15) is 13.0 Å². The molecule has 1 atom stereocenters. The van der Waals surface area contributed by atoms with E-state index in [1.807, 2.05) is 0 Å². The molecular weight excluding hydrogens is 248 g/mol. The average molecular weight is 262 g/mol. The molecule has 8 nitrogen and oxygen atoms in total. The fourth-order valence-electron chi connectivity index (χ4n) is 1.37. The van der Waals surface area contributed by atoms with Crippen LogP contribution >= 0.6 is 0 Å². The minimum absolute atomic E-state index is 0.232. The van der Waals surface area contributed by atoms with Crippen LogP contribution in [0.15, 0.2) is 31.0 Å². The largest absolute Gasteiger partial charge is 0.481 e. The lowest BCUT2D eigenvalue weighted by Crippen LogP contribution is -2.35. The lowest BCUT2D eigenvalue weighted by molar-refractivity contribution is -0.123. The molecule has 19 heavy (non-hydrogen) atoms. The average Bonchev–Trinajstić information content (AvgIpc) is 2.98. The van der Waals surface area contributed by atoms with Crippen LogP contribution in [0.3, 0.4) is 0 Å². The summed E-state index contributed by atoms with van der Waals surface area (Å²) in [5.74, 6) is 0.435. The predicted molar refractivity (Wildman–Crippen MR) is 67.3 cm³/mol. The van der Waals surface area contributed by atoms with Crippen molar-refractivity contribution in [3.8, 4) is 5.88 Å². The van der Waals surface area contributed by atoms with E-state index in [1.54, 1.807) is 36.3 Å². The highest BCUT2D eigenvalue weighted by atomic mass is 16.5. The minimum Gasteiger partial charge on any atom is -0.481 e. The number of ether oxygens (including phenoxy) is 1. The van der Waals surface area contributed by atoms with Crippen molar-refractivity contribution in [2.24, 2.45) is 0 Å². The van der Waals surface area contributed by atoms with Gasteiger partial charge in [-0.2, -0.15) is 4.98 Å². The Kier molecular flexibility index (Phi) is 3.91. The Labute approximate surface area is 109 Å². The number of hydrogen-bond acceptors (Lipinski definition) is 6. The van der Waals surface area contributed by atoms with E-state index < -0.39 is 0 Å². The highest BCUT2D eigenvalue weighted by Crippen LogP contribution is 2.07. The number of imidazole rings is 1. The molecule has 8 heteroatoms. The van der Waals surface area contributed by atoms with E-state index in [0.29, 0.717) is 5.88 Å². The molecule has 0 bridgehead atoms. The third-order valence-electron chi connectivity index (χ3n) is 2.49. The fourth-order valence-corrected chi connectivity index (χ4v) is 1.37. The molecule has 2 aromatic rings. The first kappa shape index (κ1) is 12.8. The third-order valence-corrected chi connectivity index (χ3v) is 2.49. The molecule has 0 aliphatic heterocycles. The van der Waals surface area contributed by atoms with Crippen LogP contribution in [0.2, 0.25) is 0 Å². The van der Waals surface area contributed by atoms with Gasteiger partial charge in [0.25, 0.3) is 5.91 Å². The molecule has 0 fully saturated rings. The smallest absolute Gasteiger partial charge is 0.261 e. The van der Waals surface area contributed by atoms with E-state index in [0.717, 1.165) is 0 Å². The second-order valence-corrected chi connectivity index (χ2v) is 3.72. The molecule has 0 aliphatic rings. The third kappa shape index (κ3) is 3.18. The van der Waals surface area contributed by atoms with Gasteiger partial charge in [0.05, 0.1) is 13.4 Å². The van der Waals surface area contributed by atoms with Crippen LogP contribution in [-0.4, -0.2) is 32.5 Å². The number of aromatic nitrogens is 4. The first-order chi connectivity index (χ1) is 9.20. The van der Waals surface area contributed by atoms with Crippen molar-refractivity contribution in [3.05, 3.63) is 31.0 Å². The zero-order chi connectivity index (χ0) is 13.7. The van der Waals surface area contributed by atoms with E-state index >= 15 is 0 Å². The molecule has 1 amide bonds. The molecule has 2 rings (SSSR count). The maximum atomic E-state index is 11.9. The SMILES string of the molecule is COc1ccnc(NNC(=O)C(C)n2ccnc2)n1. The van der Waals surface area contributed by atoms with Gasteiger partial charge in [0.1, 0.15) is 6.04 Å². The number of methoxy groups -OCH3 is 1. The lowest BCUT2D eigenvalue weighted by Gasteiger charge is -2.13. The van der Waals surface area contributed by atoms with Gasteiger partial charge in [-0.15, -0.1) is 0 Å². The number of hydrazine groups is 1. The Balaban J connectivity index is 1.93. The van der Waals surface area contributed by atoms with Crippen molar-refractivity contribution >= 4 is 11.9 Å². The number of rotatable bonds is 5. The summed E-state index contributed by atoms with van der Waals surface area (Å²) in [5, 5.41) is 0. The highest BCUT2D eigenvalue weighted by Gasteiger charge is 2.13. The van der Waals surface area contributed by atoms with E-state index in [4.69, 9.17) is 4.74 Å². The van der Waals surface area contributed by atoms with Gasteiger partial charge in [-0.25, -0.2) is 9.97 Å². The maximum Gasteiger partial charge on any atom is 0.261 e. The molecule has 2 aromatic heterocycles. The topological polar surface area (TPSA) is 94.0 Å². The van der Waals surface area contributed by atoms with Gasteiger partial charge in [-0.05, 0) is 6.92 Å². The summed E-state index contributed by atoms with van der Waals surface area (Å²) < 4.78 is 6.64. The Morgan fingerprint density at radius 2 is 2.32 bits per heavy atom. The van der Waals surface area contributed by atoms with Crippen LogP contribution in [0, 0.1) is 0 Å². The molecule has 0 aliphatic carbocycles. The number of carbonyl (C=O) groups excluding carboxylic acids is 1. The quantitative estimate of drug-likeness (QED) is 0.757. The van der Waals surface area contributed by atoms with Gasteiger partial charge in [0, 0.05) is 24.7 Å². The normalized spacial score (nSPS) is 11.7. The Morgan fingerprint density at radius 1 is 1.47 bits per heavy atom. The fraction of sp³-hybridized carbons (Fsp3) is 0.273. The number of anilines is 1. The number of amides is 1. The van der Waals surface area contributed by atoms with Gasteiger partial charge in [-0.3, -0.25) is 15.6 Å². The predicted octanol–water partition coefficient (Wildman–Crippen LogP) is 0.386. The van der Waals surface area contributed by atoms with E-state index in [1.165, 1.54) is 13.3 Å². The van der Waals surface area contributed by atoms with E-state index in [9.17, 15) is 4.79 Å². The standard InChI is InChI=1S/C11H14N6O2/c1-8(17-6-5-12-7-17)10(18)15-16-11-13-4-3-9(14-11)19-2/h3-8H,1-2H3,(H,15,18)(H,13,14,16). The highest BCUT2D eigenvalue weighted by molar-refractivity contribution is 5.80. The van der Waals surface area contributed by atoms with Crippen molar-refractivity contribution in [1.82, 2.24) is 24.9 Å². The zero-order valence-corrected chi connectivity index (χ0v) is 10.6. The first-order valence-electron chi connectivity index (χ1n) is 5.61. The summed E-state index contributed by atoms with van der Waals surface area (Å²) in [6.45, 7) is 1.76. The van der Waals surface area contributed by atoms with Crippen molar-refractivity contribution < 1.29 is 9.53 Å². The summed E-state index contributed by atoms with van der Waals surface area (Å²) in [6, 6.07) is 1.22. The van der Waals surface area contributed by atoms with Crippen LogP contribution in [0.25, 0.3) is 0 Å². The van der Waals surface area contributed by atoms with Crippen molar-refractivity contribution in [2.75, 3.05) is 12.5 Å². The Hall–Kier alpha value is -2.64. The first-order valence-corrected chi connectivity index (χ1v) is 5.61. The van der Waals surface area contributed by atoms with Gasteiger partial charge in [0.2, 0.25) is 11.8 Å². The molecular formula is C11H14N6O2. The molecule has 1 unspecified atom stereocenters. The molecule has 2 N–H and O–H groups in total. The number of nitrogens with one attached hydrogen (secondary N) is 2. The number of nitrogens with zero attached hydrogens (tertiary/aromatic N) is 4. The van der Waals surface area contributed by atoms with Crippen molar-refractivity contribution in [3.63, 3.8) is 0 Å². The maximum absolute atomic E-state index is 11.9. The Bertz CT molecular complexity index is 542. The van der Waals surface area contributed by atoms with Crippen LogP contribution in [-0.2, 0) is 4.79 Å². The van der Waals surface area contributed by atoms with Gasteiger partial charge < -0.3 is 9.30 Å². The van der Waals surface area contributed by atoms with Crippen molar-refractivity contribution in [2.45, 2.75) is 13.0 Å². The molecule has 0 saturated carbocycles. The summed E-state index contributed by atoms with van der Waals surface area (Å²) in [6.07, 6.45) is 6.43. The van der Waals surface area contributed by atoms with Gasteiger partial charge in [-0.1, -0.05) is 0 Å². The summed E-state index contributed by atoms with van der Waals surface area (Å²) in [4.78, 5) is 23.7. The molecule has 0 spiro atoms. The van der Waals surface area contributed by atoms with Gasteiger partial charge >= 0.3 is 0 Å². The summed E-state index contributed by atoms with van der Waals surface area (Å²) >= 11 is 0. The summed E-state index contributed by atoms with van der Waals surface area (Å²) in [7, 11) is 1.51.